The molecule has 2 aromatic rings. The first-order chi connectivity index (χ1) is 9.81. The predicted octanol–water partition coefficient (Wildman–Crippen LogP) is 3.14. The average Bonchev–Trinajstić information content (AvgIpc) is 2.37. The summed E-state index contributed by atoms with van der Waals surface area (Å²) in [5.74, 6) is -1.20. The Morgan fingerprint density at radius 1 is 1.19 bits per heavy atom. The summed E-state index contributed by atoms with van der Waals surface area (Å²) < 4.78 is 40.9. The summed E-state index contributed by atoms with van der Waals surface area (Å²) in [5, 5.41) is 10.9. The molecule has 110 valence electrons. The molecule has 0 aliphatic rings. The van der Waals surface area contributed by atoms with Gasteiger partial charge in [0.2, 0.25) is 5.82 Å². The minimum Gasteiger partial charge on any atom is -0.279 e. The molecule has 2 aromatic carbocycles. The fourth-order valence-electron chi connectivity index (χ4n) is 1.65. The normalized spacial score (nSPS) is 11.1. The zero-order valence-electron chi connectivity index (χ0n) is 10.3. The molecule has 6 nitrogen and oxygen atoms in total. The van der Waals surface area contributed by atoms with Crippen molar-refractivity contribution in [3.8, 4) is 0 Å². The van der Waals surface area contributed by atoms with Crippen molar-refractivity contribution in [2.75, 3.05) is 4.72 Å². The first kappa shape index (κ1) is 15.6. The number of hydrogen-bond acceptors (Lipinski definition) is 4. The van der Waals surface area contributed by atoms with Crippen molar-refractivity contribution >= 4 is 44.0 Å². The van der Waals surface area contributed by atoms with Crippen LogP contribution in [0.4, 0.5) is 15.8 Å². The summed E-state index contributed by atoms with van der Waals surface area (Å²) in [5.41, 5.74) is -0.837. The van der Waals surface area contributed by atoms with Gasteiger partial charge in [-0.15, -0.1) is 0 Å². The Hall–Kier alpha value is -1.75. The van der Waals surface area contributed by atoms with E-state index in [1.807, 2.05) is 22.6 Å². The standard InChI is InChI=1S/C12H8FIN2O4S/c13-10-5-2-6-11(12(10)16(17)18)21(19,20)15-9-4-1-3-8(14)7-9/h1-7,15H. The first-order valence-electron chi connectivity index (χ1n) is 5.52. The number of anilines is 1. The Balaban J connectivity index is 2.50. The van der Waals surface area contributed by atoms with Gasteiger partial charge in [-0.1, -0.05) is 12.1 Å². The molecule has 0 heterocycles. The van der Waals surface area contributed by atoms with E-state index >= 15 is 0 Å². The number of sulfonamides is 1. The summed E-state index contributed by atoms with van der Waals surface area (Å²) in [6, 6.07) is 9.34. The Kier molecular flexibility index (Phi) is 4.42. The Bertz CT molecular complexity index is 811. The van der Waals surface area contributed by atoms with E-state index in [2.05, 4.69) is 4.72 Å². The Morgan fingerprint density at radius 3 is 2.48 bits per heavy atom. The van der Waals surface area contributed by atoms with Crippen molar-refractivity contribution in [1.29, 1.82) is 0 Å². The van der Waals surface area contributed by atoms with Crippen LogP contribution in [0.5, 0.6) is 0 Å². The van der Waals surface area contributed by atoms with Crippen LogP contribution in [0.15, 0.2) is 47.4 Å². The van der Waals surface area contributed by atoms with Gasteiger partial charge in [0, 0.05) is 9.26 Å². The molecule has 0 aliphatic carbocycles. The number of benzene rings is 2. The van der Waals surface area contributed by atoms with Crippen LogP contribution in [0, 0.1) is 19.5 Å². The van der Waals surface area contributed by atoms with Crippen LogP contribution in [-0.2, 0) is 10.0 Å². The summed E-state index contributed by atoms with van der Waals surface area (Å²) in [6.07, 6.45) is 0. The molecular formula is C12H8FIN2O4S. The van der Waals surface area contributed by atoms with Gasteiger partial charge in [0.1, 0.15) is 0 Å². The van der Waals surface area contributed by atoms with Crippen LogP contribution in [0.25, 0.3) is 0 Å². The van der Waals surface area contributed by atoms with Gasteiger partial charge in [-0.2, -0.15) is 4.39 Å². The van der Waals surface area contributed by atoms with Crippen molar-refractivity contribution in [2.45, 2.75) is 4.90 Å². The molecule has 1 N–H and O–H groups in total. The van der Waals surface area contributed by atoms with E-state index in [4.69, 9.17) is 0 Å². The summed E-state index contributed by atoms with van der Waals surface area (Å²) in [7, 11) is -4.26. The molecule has 9 heteroatoms. The van der Waals surface area contributed by atoms with E-state index in [0.717, 1.165) is 21.8 Å². The SMILES string of the molecule is O=[N+]([O-])c1c(F)cccc1S(=O)(=O)Nc1cccc(I)c1. The van der Waals surface area contributed by atoms with Crippen LogP contribution < -0.4 is 4.72 Å². The maximum Gasteiger partial charge on any atom is 0.325 e. The summed E-state index contributed by atoms with van der Waals surface area (Å²) in [6.45, 7) is 0. The quantitative estimate of drug-likeness (QED) is 0.466. The lowest BCUT2D eigenvalue weighted by Crippen LogP contribution is -2.15. The third kappa shape index (κ3) is 3.47. The third-order valence-corrected chi connectivity index (χ3v) is 4.58. The lowest BCUT2D eigenvalue weighted by Gasteiger charge is -2.09. The number of nitrogens with zero attached hydrogens (tertiary/aromatic N) is 1. The van der Waals surface area contributed by atoms with Crippen LogP contribution in [-0.4, -0.2) is 13.3 Å². The van der Waals surface area contributed by atoms with E-state index in [1.165, 1.54) is 6.07 Å². The molecule has 0 aromatic heterocycles. The lowest BCUT2D eigenvalue weighted by molar-refractivity contribution is -0.390. The maximum absolute atomic E-state index is 13.5. The molecular weight excluding hydrogens is 414 g/mol. The number of halogens is 2. The van der Waals surface area contributed by atoms with E-state index in [-0.39, 0.29) is 5.69 Å². The van der Waals surface area contributed by atoms with Crippen LogP contribution in [0.2, 0.25) is 0 Å². The largest absolute Gasteiger partial charge is 0.325 e. The van der Waals surface area contributed by atoms with E-state index in [1.54, 1.807) is 18.2 Å². The Morgan fingerprint density at radius 2 is 1.86 bits per heavy atom. The van der Waals surface area contributed by atoms with Crippen molar-refractivity contribution in [3.63, 3.8) is 0 Å². The molecule has 0 radical (unpaired) electrons. The zero-order chi connectivity index (χ0) is 15.6. The molecule has 2 rings (SSSR count). The van der Waals surface area contributed by atoms with Gasteiger partial charge in [0.05, 0.1) is 4.92 Å². The van der Waals surface area contributed by atoms with Crippen LogP contribution >= 0.6 is 22.6 Å². The summed E-state index contributed by atoms with van der Waals surface area (Å²) >= 11 is 1.99. The number of para-hydroxylation sites is 1. The highest BCUT2D eigenvalue weighted by molar-refractivity contribution is 14.1. The van der Waals surface area contributed by atoms with E-state index < -0.39 is 31.3 Å². The average molecular weight is 422 g/mol. The van der Waals surface area contributed by atoms with Gasteiger partial charge in [0.15, 0.2) is 4.90 Å². The molecule has 0 bridgehead atoms. The molecule has 0 saturated heterocycles. The van der Waals surface area contributed by atoms with Crippen LogP contribution in [0.1, 0.15) is 0 Å². The van der Waals surface area contributed by atoms with Gasteiger partial charge >= 0.3 is 5.69 Å². The zero-order valence-corrected chi connectivity index (χ0v) is 13.3. The van der Waals surface area contributed by atoms with Gasteiger partial charge in [-0.25, -0.2) is 8.42 Å². The van der Waals surface area contributed by atoms with Crippen molar-refractivity contribution in [3.05, 3.63) is 62.0 Å². The minimum absolute atomic E-state index is 0.237. The number of nitrogens with one attached hydrogen (secondary N) is 1. The molecule has 0 unspecified atom stereocenters. The molecule has 0 atom stereocenters. The van der Waals surface area contributed by atoms with Crippen molar-refractivity contribution in [1.82, 2.24) is 0 Å². The Labute approximate surface area is 133 Å². The number of hydrogen-bond donors (Lipinski definition) is 1. The molecule has 0 aliphatic heterocycles. The highest BCUT2D eigenvalue weighted by Gasteiger charge is 2.29. The highest BCUT2D eigenvalue weighted by Crippen LogP contribution is 2.28. The fraction of sp³-hybridized carbons (Fsp3) is 0. The predicted molar refractivity (Wildman–Crippen MR) is 83.0 cm³/mol. The molecule has 0 amide bonds. The topological polar surface area (TPSA) is 89.3 Å². The second kappa shape index (κ2) is 5.93. The molecule has 0 fully saturated rings. The van der Waals surface area contributed by atoms with Gasteiger partial charge in [0.25, 0.3) is 10.0 Å². The van der Waals surface area contributed by atoms with Crippen molar-refractivity contribution in [2.24, 2.45) is 0 Å². The number of nitro benzene ring substituents is 1. The third-order valence-electron chi connectivity index (χ3n) is 2.50. The second-order valence-corrected chi connectivity index (χ2v) is 6.86. The van der Waals surface area contributed by atoms with Gasteiger partial charge < -0.3 is 0 Å². The monoisotopic (exact) mass is 422 g/mol. The maximum atomic E-state index is 13.5. The highest BCUT2D eigenvalue weighted by atomic mass is 127. The van der Waals surface area contributed by atoms with Gasteiger partial charge in [-0.05, 0) is 52.9 Å². The lowest BCUT2D eigenvalue weighted by atomic mass is 10.3. The van der Waals surface area contributed by atoms with Crippen LogP contribution in [0.3, 0.4) is 0 Å². The number of nitro groups is 1. The second-order valence-electron chi connectivity index (χ2n) is 3.96. The van der Waals surface area contributed by atoms with E-state index in [9.17, 15) is 22.9 Å². The smallest absolute Gasteiger partial charge is 0.279 e. The van der Waals surface area contributed by atoms with E-state index in [0.29, 0.717) is 0 Å². The number of rotatable bonds is 4. The minimum atomic E-state index is -4.26. The molecule has 21 heavy (non-hydrogen) atoms. The van der Waals surface area contributed by atoms with Crippen molar-refractivity contribution < 1.29 is 17.7 Å². The summed E-state index contributed by atoms with van der Waals surface area (Å²) in [4.78, 5) is 9.09. The fourth-order valence-corrected chi connectivity index (χ4v) is 3.43. The molecule has 0 spiro atoms. The molecule has 0 saturated carbocycles. The van der Waals surface area contributed by atoms with Gasteiger partial charge in [-0.3, -0.25) is 14.8 Å². The first-order valence-corrected chi connectivity index (χ1v) is 8.09.